The lowest BCUT2D eigenvalue weighted by Gasteiger charge is -2.24. The molecule has 1 atom stereocenters. The van der Waals surface area contributed by atoms with E-state index < -0.39 is 0 Å². The van der Waals surface area contributed by atoms with Crippen molar-refractivity contribution in [3.8, 4) is 5.75 Å². The van der Waals surface area contributed by atoms with Gasteiger partial charge in [0.2, 0.25) is 11.7 Å². The van der Waals surface area contributed by atoms with Crippen molar-refractivity contribution in [2.24, 2.45) is 5.92 Å². The third-order valence-electron chi connectivity index (χ3n) is 4.70. The topological polar surface area (TPSA) is 29.5 Å². The zero-order valence-electron chi connectivity index (χ0n) is 15.2. The number of thiophene rings is 1. The molecule has 1 aromatic heterocycles. The summed E-state index contributed by atoms with van der Waals surface area (Å²) in [5.74, 6) is 1.84. The predicted molar refractivity (Wildman–Crippen MR) is 109 cm³/mol. The first-order valence-corrected chi connectivity index (χ1v) is 10.4. The van der Waals surface area contributed by atoms with Gasteiger partial charge in [-0.2, -0.15) is 0 Å². The van der Waals surface area contributed by atoms with Gasteiger partial charge in [-0.1, -0.05) is 50.8 Å². The fourth-order valence-corrected chi connectivity index (χ4v) is 3.95. The molecule has 1 unspecified atom stereocenters. The molecule has 0 saturated heterocycles. The number of nitrogens with zero attached hydrogens (tertiary/aromatic N) is 1. The molecule has 0 aliphatic carbocycles. The van der Waals surface area contributed by atoms with Gasteiger partial charge >= 0.3 is 0 Å². The second-order valence-corrected chi connectivity index (χ2v) is 7.95. The molecule has 0 radical (unpaired) electrons. The molecule has 0 amide bonds. The molecule has 0 N–H and O–H groups in total. The van der Waals surface area contributed by atoms with Crippen molar-refractivity contribution in [1.29, 1.82) is 0 Å². The fraction of sp³-hybridized carbons (Fsp3) is 0.381. The Hall–Kier alpha value is -1.78. The molecular weight excluding hydrogens is 366 g/mol. The van der Waals surface area contributed by atoms with Crippen LogP contribution in [0.2, 0.25) is 5.02 Å². The first kappa shape index (κ1) is 19.0. The van der Waals surface area contributed by atoms with Crippen LogP contribution < -0.4 is 9.64 Å². The van der Waals surface area contributed by atoms with E-state index in [9.17, 15) is 4.79 Å². The van der Waals surface area contributed by atoms with Crippen molar-refractivity contribution >= 4 is 34.4 Å². The van der Waals surface area contributed by atoms with E-state index in [0.29, 0.717) is 27.5 Å². The van der Waals surface area contributed by atoms with Gasteiger partial charge in [-0.3, -0.25) is 4.79 Å². The highest BCUT2D eigenvalue weighted by Gasteiger charge is 2.29. The molecule has 26 heavy (non-hydrogen) atoms. The molecule has 0 fully saturated rings. The zero-order chi connectivity index (χ0) is 18.5. The van der Waals surface area contributed by atoms with Gasteiger partial charge in [-0.25, -0.2) is 0 Å². The van der Waals surface area contributed by atoms with Crippen LogP contribution in [0.25, 0.3) is 0 Å². The maximum Gasteiger partial charge on any atom is 0.204 e. The normalized spacial score (nSPS) is 15.8. The second-order valence-electron chi connectivity index (χ2n) is 6.57. The van der Waals surface area contributed by atoms with Gasteiger partial charge in [-0.05, 0) is 35.9 Å². The number of hydrogen-bond acceptors (Lipinski definition) is 4. The summed E-state index contributed by atoms with van der Waals surface area (Å²) in [6.45, 7) is 5.28. The third-order valence-corrected chi connectivity index (χ3v) is 5.82. The minimum absolute atomic E-state index is 0.0273. The lowest BCUT2D eigenvalue weighted by Crippen LogP contribution is -2.27. The van der Waals surface area contributed by atoms with Gasteiger partial charge in [0, 0.05) is 23.7 Å². The molecule has 138 valence electrons. The van der Waals surface area contributed by atoms with Gasteiger partial charge in [0.05, 0.1) is 10.6 Å². The number of ether oxygens (including phenoxy) is 1. The molecule has 0 bridgehead atoms. The fourth-order valence-electron chi connectivity index (χ4n) is 3.15. The molecular formula is C21H24ClNO2S. The minimum atomic E-state index is -0.0273. The molecule has 0 saturated carbocycles. The maximum absolute atomic E-state index is 12.6. The van der Waals surface area contributed by atoms with Gasteiger partial charge in [-0.15, -0.1) is 11.3 Å². The van der Waals surface area contributed by atoms with E-state index in [1.54, 1.807) is 6.08 Å². The van der Waals surface area contributed by atoms with E-state index in [2.05, 4.69) is 18.7 Å². The van der Waals surface area contributed by atoms with E-state index >= 15 is 0 Å². The van der Waals surface area contributed by atoms with Crippen molar-refractivity contribution in [2.45, 2.75) is 39.5 Å². The number of hydrogen-bond donors (Lipinski definition) is 0. The Morgan fingerprint density at radius 2 is 2.19 bits per heavy atom. The molecule has 1 aromatic carbocycles. The number of halogens is 1. The smallest absolute Gasteiger partial charge is 0.204 e. The Morgan fingerprint density at radius 3 is 2.88 bits per heavy atom. The van der Waals surface area contributed by atoms with Crippen LogP contribution in [0.15, 0.2) is 47.7 Å². The summed E-state index contributed by atoms with van der Waals surface area (Å²) in [7, 11) is 0. The van der Waals surface area contributed by atoms with Crippen molar-refractivity contribution in [3.63, 3.8) is 0 Å². The van der Waals surface area contributed by atoms with Crippen LogP contribution in [-0.4, -0.2) is 12.3 Å². The summed E-state index contributed by atoms with van der Waals surface area (Å²) in [6.07, 6.45) is 6.29. The maximum atomic E-state index is 12.6. The number of unbranched alkanes of at least 4 members (excludes halogenated alkanes) is 1. The Kier molecular flexibility index (Phi) is 6.38. The molecule has 1 aliphatic rings. The number of carbonyl (C=O) groups excluding carboxylic acids is 1. The Labute approximate surface area is 164 Å². The van der Waals surface area contributed by atoms with E-state index in [-0.39, 0.29) is 5.78 Å². The summed E-state index contributed by atoms with van der Waals surface area (Å²) in [6, 6.07) is 9.38. The van der Waals surface area contributed by atoms with Crippen LogP contribution in [0.1, 0.15) is 49.2 Å². The molecule has 0 spiro atoms. The summed E-state index contributed by atoms with van der Waals surface area (Å²) in [4.78, 5) is 15.4. The van der Waals surface area contributed by atoms with Crippen LogP contribution in [0, 0.1) is 5.92 Å². The van der Waals surface area contributed by atoms with Crippen molar-refractivity contribution in [1.82, 2.24) is 0 Å². The van der Waals surface area contributed by atoms with Gasteiger partial charge in [0.15, 0.2) is 5.75 Å². The third kappa shape index (κ3) is 4.30. The first-order valence-electron chi connectivity index (χ1n) is 9.16. The molecule has 2 aromatic rings. The van der Waals surface area contributed by atoms with Crippen LogP contribution in [0.4, 0.5) is 5.69 Å². The number of fused-ring (bicyclic) bond motifs is 1. The molecule has 5 heteroatoms. The molecule has 2 heterocycles. The van der Waals surface area contributed by atoms with Gasteiger partial charge < -0.3 is 9.64 Å². The van der Waals surface area contributed by atoms with E-state index in [1.165, 1.54) is 30.6 Å². The number of benzene rings is 1. The van der Waals surface area contributed by atoms with E-state index in [4.69, 9.17) is 16.3 Å². The highest BCUT2D eigenvalue weighted by molar-refractivity contribution is 7.12. The largest absolute Gasteiger partial charge is 0.438 e. The summed E-state index contributed by atoms with van der Waals surface area (Å²) < 4.78 is 6.01. The summed E-state index contributed by atoms with van der Waals surface area (Å²) in [5, 5.41) is 2.54. The first-order chi connectivity index (χ1) is 12.6. The van der Waals surface area contributed by atoms with Crippen molar-refractivity contribution in [3.05, 3.63) is 57.6 Å². The summed E-state index contributed by atoms with van der Waals surface area (Å²) >= 11 is 7.57. The molecule has 3 rings (SSSR count). The quantitative estimate of drug-likeness (QED) is 0.379. The monoisotopic (exact) mass is 389 g/mol. The van der Waals surface area contributed by atoms with Gasteiger partial charge in [0.25, 0.3) is 0 Å². The number of allylic oxidation sites excluding steroid dienone is 1. The zero-order valence-corrected chi connectivity index (χ0v) is 16.8. The van der Waals surface area contributed by atoms with E-state index in [0.717, 1.165) is 18.7 Å². The standard InChI is InChI=1S/C21H24ClNO2S/c1-3-5-7-15(4-2)14-23-17-10-9-16(22)12-19(17)25-21(23)13-18(24)20-8-6-11-26-20/h6,8-13,15H,3-5,7,14H2,1-2H3/b21-13-. The lowest BCUT2D eigenvalue weighted by atomic mass is 9.98. The average Bonchev–Trinajstić information content (AvgIpc) is 3.27. The molecule has 1 aliphatic heterocycles. The predicted octanol–water partition coefficient (Wildman–Crippen LogP) is 6.54. The molecule has 3 nitrogen and oxygen atoms in total. The Morgan fingerprint density at radius 1 is 1.35 bits per heavy atom. The van der Waals surface area contributed by atoms with Crippen LogP contribution in [0.5, 0.6) is 5.75 Å². The highest BCUT2D eigenvalue weighted by Crippen LogP contribution is 2.41. The van der Waals surface area contributed by atoms with E-state index in [1.807, 2.05) is 35.7 Å². The Balaban J connectivity index is 1.88. The summed E-state index contributed by atoms with van der Waals surface area (Å²) in [5.41, 5.74) is 0.981. The van der Waals surface area contributed by atoms with Crippen LogP contribution in [-0.2, 0) is 0 Å². The number of carbonyl (C=O) groups is 1. The highest BCUT2D eigenvalue weighted by atomic mass is 35.5. The second kappa shape index (κ2) is 8.74. The number of anilines is 1. The number of rotatable bonds is 8. The minimum Gasteiger partial charge on any atom is -0.438 e. The van der Waals surface area contributed by atoms with Crippen LogP contribution >= 0.6 is 22.9 Å². The van der Waals surface area contributed by atoms with Crippen LogP contribution in [0.3, 0.4) is 0 Å². The Bertz CT molecular complexity index is 785. The van der Waals surface area contributed by atoms with Crippen molar-refractivity contribution < 1.29 is 9.53 Å². The SMILES string of the molecule is CCCCC(CC)CN1/C(=C/C(=O)c2cccs2)Oc2cc(Cl)ccc21. The van der Waals surface area contributed by atoms with Crippen molar-refractivity contribution in [2.75, 3.05) is 11.4 Å². The number of ketones is 1. The average molecular weight is 390 g/mol. The lowest BCUT2D eigenvalue weighted by molar-refractivity contribution is 0.104. The van der Waals surface area contributed by atoms with Gasteiger partial charge in [0.1, 0.15) is 0 Å².